The molecular formula is C16H23NO. The first kappa shape index (κ1) is 12.2. The monoisotopic (exact) mass is 245 g/mol. The number of fused-ring (bicyclic) bond motifs is 1. The normalized spacial score (nSPS) is 20.8. The van der Waals surface area contributed by atoms with E-state index in [9.17, 15) is 0 Å². The minimum atomic E-state index is 0.224. The average molecular weight is 245 g/mol. The molecule has 1 heterocycles. The second kappa shape index (κ2) is 4.67. The third kappa shape index (κ3) is 2.08. The van der Waals surface area contributed by atoms with Gasteiger partial charge in [0.05, 0.1) is 18.6 Å². The summed E-state index contributed by atoms with van der Waals surface area (Å²) in [7, 11) is 0. The van der Waals surface area contributed by atoms with Crippen LogP contribution in [0.25, 0.3) is 0 Å². The van der Waals surface area contributed by atoms with E-state index in [1.54, 1.807) is 11.1 Å². The first-order valence-electron chi connectivity index (χ1n) is 7.13. The number of hydrogen-bond acceptors (Lipinski definition) is 2. The predicted octanol–water partition coefficient (Wildman–Crippen LogP) is 2.44. The highest BCUT2D eigenvalue weighted by atomic mass is 16.5. The van der Waals surface area contributed by atoms with E-state index in [0.717, 1.165) is 19.8 Å². The summed E-state index contributed by atoms with van der Waals surface area (Å²) >= 11 is 0. The minimum Gasteiger partial charge on any atom is -0.379 e. The summed E-state index contributed by atoms with van der Waals surface area (Å²) < 4.78 is 5.50. The maximum absolute atomic E-state index is 5.50. The van der Waals surface area contributed by atoms with Crippen LogP contribution in [0.5, 0.6) is 0 Å². The zero-order chi connectivity index (χ0) is 12.6. The Morgan fingerprint density at radius 1 is 1.22 bits per heavy atom. The number of ether oxygens (including phenoxy) is 1. The van der Waals surface area contributed by atoms with Crippen molar-refractivity contribution in [3.05, 3.63) is 34.9 Å². The second-order valence-electron chi connectivity index (χ2n) is 6.15. The molecule has 0 amide bonds. The number of benzene rings is 1. The molecule has 0 unspecified atom stereocenters. The molecule has 0 saturated carbocycles. The van der Waals surface area contributed by atoms with Crippen molar-refractivity contribution < 1.29 is 4.74 Å². The van der Waals surface area contributed by atoms with Gasteiger partial charge in [0.1, 0.15) is 0 Å². The lowest BCUT2D eigenvalue weighted by Crippen LogP contribution is -2.54. The Labute approximate surface area is 110 Å². The largest absolute Gasteiger partial charge is 0.379 e. The fraction of sp³-hybridized carbons (Fsp3) is 0.625. The summed E-state index contributed by atoms with van der Waals surface area (Å²) in [6, 6.07) is 7.64. The number of nitrogens with one attached hydrogen (secondary N) is 1. The molecular weight excluding hydrogens is 222 g/mol. The molecule has 2 aliphatic rings. The fourth-order valence-corrected chi connectivity index (χ4v) is 3.02. The van der Waals surface area contributed by atoms with Gasteiger partial charge in [-0.15, -0.1) is 0 Å². The molecule has 2 nitrogen and oxygen atoms in total. The quantitative estimate of drug-likeness (QED) is 0.879. The predicted molar refractivity (Wildman–Crippen MR) is 74.1 cm³/mol. The van der Waals surface area contributed by atoms with Crippen molar-refractivity contribution in [3.8, 4) is 0 Å². The molecule has 0 spiro atoms. The van der Waals surface area contributed by atoms with Crippen molar-refractivity contribution in [1.82, 2.24) is 5.32 Å². The highest BCUT2D eigenvalue weighted by Gasteiger charge is 2.40. The molecule has 0 aromatic heterocycles. The van der Waals surface area contributed by atoms with Crippen molar-refractivity contribution >= 4 is 0 Å². The van der Waals surface area contributed by atoms with Crippen LogP contribution in [0, 0.1) is 0 Å². The van der Waals surface area contributed by atoms with Crippen LogP contribution in [0.15, 0.2) is 18.2 Å². The van der Waals surface area contributed by atoms with E-state index in [1.165, 1.54) is 24.8 Å². The molecule has 98 valence electrons. The van der Waals surface area contributed by atoms with Crippen molar-refractivity contribution in [2.75, 3.05) is 19.8 Å². The number of rotatable bonds is 4. The number of aryl methyl sites for hydroxylation is 2. The van der Waals surface area contributed by atoms with Crippen molar-refractivity contribution in [2.45, 2.75) is 44.6 Å². The van der Waals surface area contributed by atoms with Crippen molar-refractivity contribution in [1.29, 1.82) is 0 Å². The molecule has 0 radical (unpaired) electrons. The van der Waals surface area contributed by atoms with Crippen molar-refractivity contribution in [2.24, 2.45) is 0 Å². The zero-order valence-electron chi connectivity index (χ0n) is 11.5. The first-order chi connectivity index (χ1) is 8.70. The molecule has 1 saturated heterocycles. The van der Waals surface area contributed by atoms with Crippen LogP contribution in [0.1, 0.15) is 37.0 Å². The zero-order valence-corrected chi connectivity index (χ0v) is 11.5. The van der Waals surface area contributed by atoms with E-state index in [0.29, 0.717) is 6.04 Å². The van der Waals surface area contributed by atoms with Gasteiger partial charge in [-0.1, -0.05) is 32.0 Å². The third-order valence-electron chi connectivity index (χ3n) is 4.32. The van der Waals surface area contributed by atoms with Gasteiger partial charge in [0.25, 0.3) is 0 Å². The number of hydrogen-bond donors (Lipinski definition) is 1. The summed E-state index contributed by atoms with van der Waals surface area (Å²) in [6.45, 7) is 7.17. The van der Waals surface area contributed by atoms with E-state index in [4.69, 9.17) is 4.74 Å². The highest BCUT2D eigenvalue weighted by Crippen LogP contribution is 2.34. The molecule has 1 aromatic carbocycles. The lowest BCUT2D eigenvalue weighted by Gasteiger charge is -2.43. The van der Waals surface area contributed by atoms with Gasteiger partial charge in [-0.3, -0.25) is 0 Å². The van der Waals surface area contributed by atoms with E-state index < -0.39 is 0 Å². The Balaban J connectivity index is 1.83. The molecule has 0 atom stereocenters. The summed E-state index contributed by atoms with van der Waals surface area (Å²) in [5.41, 5.74) is 4.83. The van der Waals surface area contributed by atoms with Gasteiger partial charge in [0.15, 0.2) is 0 Å². The van der Waals surface area contributed by atoms with Crippen molar-refractivity contribution in [3.63, 3.8) is 0 Å². The molecule has 1 aliphatic heterocycles. The maximum atomic E-state index is 5.50. The van der Waals surface area contributed by atoms with Gasteiger partial charge in [0, 0.05) is 12.6 Å². The summed E-state index contributed by atoms with van der Waals surface area (Å²) in [6.07, 6.45) is 3.85. The van der Waals surface area contributed by atoms with Crippen LogP contribution < -0.4 is 5.32 Å². The molecule has 1 fully saturated rings. The Bertz CT molecular complexity index is 435. The highest BCUT2D eigenvalue weighted by molar-refractivity contribution is 5.40. The van der Waals surface area contributed by atoms with E-state index in [2.05, 4.69) is 37.4 Å². The van der Waals surface area contributed by atoms with Crippen LogP contribution in [-0.2, 0) is 23.0 Å². The third-order valence-corrected chi connectivity index (χ3v) is 4.32. The molecule has 0 bridgehead atoms. The molecule has 1 N–H and O–H groups in total. The van der Waals surface area contributed by atoms with Gasteiger partial charge in [-0.2, -0.15) is 0 Å². The maximum Gasteiger partial charge on any atom is 0.0598 e. The van der Waals surface area contributed by atoms with Gasteiger partial charge < -0.3 is 10.1 Å². The SMILES string of the molecule is CC(C)NCC1(c2ccc3c(c2)CCC3)COC1. The second-order valence-corrected chi connectivity index (χ2v) is 6.15. The van der Waals surface area contributed by atoms with Crippen LogP contribution in [-0.4, -0.2) is 25.8 Å². The lowest BCUT2D eigenvalue weighted by molar-refractivity contribution is -0.0597. The molecule has 1 aromatic rings. The summed E-state index contributed by atoms with van der Waals surface area (Å²) in [5.74, 6) is 0. The van der Waals surface area contributed by atoms with E-state index >= 15 is 0 Å². The van der Waals surface area contributed by atoms with Gasteiger partial charge in [0.2, 0.25) is 0 Å². The van der Waals surface area contributed by atoms with Crippen LogP contribution in [0.4, 0.5) is 0 Å². The fourth-order valence-electron chi connectivity index (χ4n) is 3.02. The minimum absolute atomic E-state index is 0.224. The molecule has 3 rings (SSSR count). The van der Waals surface area contributed by atoms with Crippen LogP contribution in [0.2, 0.25) is 0 Å². The smallest absolute Gasteiger partial charge is 0.0598 e. The average Bonchev–Trinajstić information content (AvgIpc) is 2.74. The Hall–Kier alpha value is -0.860. The summed E-state index contributed by atoms with van der Waals surface area (Å²) in [4.78, 5) is 0. The summed E-state index contributed by atoms with van der Waals surface area (Å²) in [5, 5.41) is 3.57. The molecule has 1 aliphatic carbocycles. The van der Waals surface area contributed by atoms with Crippen LogP contribution in [0.3, 0.4) is 0 Å². The van der Waals surface area contributed by atoms with Gasteiger partial charge in [-0.25, -0.2) is 0 Å². The van der Waals surface area contributed by atoms with Gasteiger partial charge >= 0.3 is 0 Å². The molecule has 2 heteroatoms. The van der Waals surface area contributed by atoms with Crippen LogP contribution >= 0.6 is 0 Å². The Kier molecular flexibility index (Phi) is 3.16. The lowest BCUT2D eigenvalue weighted by atomic mass is 9.77. The topological polar surface area (TPSA) is 21.3 Å². The Morgan fingerprint density at radius 3 is 2.67 bits per heavy atom. The van der Waals surface area contributed by atoms with E-state index in [1.807, 2.05) is 0 Å². The Morgan fingerprint density at radius 2 is 2.00 bits per heavy atom. The molecule has 18 heavy (non-hydrogen) atoms. The van der Waals surface area contributed by atoms with Gasteiger partial charge in [-0.05, 0) is 36.0 Å². The standard InChI is InChI=1S/C16H23NO/c1-12(2)17-9-16(10-18-11-16)15-7-6-13-4-3-5-14(13)8-15/h6-8,12,17H,3-5,9-11H2,1-2H3. The van der Waals surface area contributed by atoms with E-state index in [-0.39, 0.29) is 5.41 Å². The first-order valence-corrected chi connectivity index (χ1v) is 7.13.